The van der Waals surface area contributed by atoms with E-state index in [-0.39, 0.29) is 22.9 Å². The van der Waals surface area contributed by atoms with Gasteiger partial charge in [0.05, 0.1) is 0 Å². The van der Waals surface area contributed by atoms with Crippen molar-refractivity contribution in [3.63, 3.8) is 0 Å². The Morgan fingerprint density at radius 1 is 1.50 bits per heavy atom. The molecule has 1 aromatic rings. The van der Waals surface area contributed by atoms with Gasteiger partial charge in [0.1, 0.15) is 5.56 Å². The molecular formula is C10H12N2O2. The lowest BCUT2D eigenvalue weighted by Crippen LogP contribution is -2.41. The topological polar surface area (TPSA) is 62.0 Å². The predicted octanol–water partition coefficient (Wildman–Crippen LogP) is 0.657. The van der Waals surface area contributed by atoms with Crippen LogP contribution in [0, 0.1) is 0 Å². The van der Waals surface area contributed by atoms with Gasteiger partial charge in [-0.2, -0.15) is 0 Å². The Balaban J connectivity index is 2.10. The molecule has 1 fully saturated rings. The Morgan fingerprint density at radius 3 is 2.86 bits per heavy atom. The van der Waals surface area contributed by atoms with E-state index >= 15 is 0 Å². The van der Waals surface area contributed by atoms with Gasteiger partial charge in [-0.05, 0) is 19.3 Å². The third-order valence-electron chi connectivity index (χ3n) is 2.51. The van der Waals surface area contributed by atoms with Crippen LogP contribution in [0.25, 0.3) is 0 Å². The lowest BCUT2D eigenvalue weighted by atomic mass is 9.93. The van der Waals surface area contributed by atoms with Gasteiger partial charge in [-0.15, -0.1) is 0 Å². The Kier molecular flexibility index (Phi) is 2.35. The van der Waals surface area contributed by atoms with Crippen LogP contribution in [0.1, 0.15) is 29.6 Å². The minimum absolute atomic E-state index is 0.194. The summed E-state index contributed by atoms with van der Waals surface area (Å²) in [5.74, 6) is -0.267. The maximum absolute atomic E-state index is 11.5. The highest BCUT2D eigenvalue weighted by Crippen LogP contribution is 2.18. The summed E-state index contributed by atoms with van der Waals surface area (Å²) in [6.07, 6.45) is 6.17. The second-order valence-electron chi connectivity index (χ2n) is 3.52. The number of nitrogens with one attached hydrogen (secondary N) is 2. The molecule has 74 valence electrons. The maximum atomic E-state index is 11.5. The van der Waals surface area contributed by atoms with E-state index in [1.807, 2.05) is 0 Å². The van der Waals surface area contributed by atoms with Gasteiger partial charge in [0.15, 0.2) is 5.43 Å². The van der Waals surface area contributed by atoms with Crippen LogP contribution in [-0.2, 0) is 0 Å². The van der Waals surface area contributed by atoms with Crippen molar-refractivity contribution in [2.45, 2.75) is 25.3 Å². The first-order valence-corrected chi connectivity index (χ1v) is 4.75. The fourth-order valence-electron chi connectivity index (χ4n) is 1.41. The second kappa shape index (κ2) is 3.65. The van der Waals surface area contributed by atoms with Crippen molar-refractivity contribution in [2.24, 2.45) is 0 Å². The van der Waals surface area contributed by atoms with Gasteiger partial charge in [-0.25, -0.2) is 0 Å². The smallest absolute Gasteiger partial charge is 0.256 e. The standard InChI is InChI=1S/C10H12N2O2/c13-9-4-5-11-6-8(9)10(14)12-7-2-1-3-7/h4-7H,1-3H2,(H,11,13)(H,12,14). The Labute approximate surface area is 81.3 Å². The number of H-pyrrole nitrogens is 1. The van der Waals surface area contributed by atoms with Gasteiger partial charge in [0.25, 0.3) is 5.91 Å². The van der Waals surface area contributed by atoms with E-state index in [4.69, 9.17) is 0 Å². The highest BCUT2D eigenvalue weighted by atomic mass is 16.2. The lowest BCUT2D eigenvalue weighted by molar-refractivity contribution is 0.0915. The Morgan fingerprint density at radius 2 is 2.29 bits per heavy atom. The number of hydrogen-bond acceptors (Lipinski definition) is 2. The molecule has 1 amide bonds. The molecule has 0 saturated heterocycles. The lowest BCUT2D eigenvalue weighted by Gasteiger charge is -2.26. The van der Waals surface area contributed by atoms with Gasteiger partial charge < -0.3 is 10.3 Å². The van der Waals surface area contributed by atoms with E-state index in [0.717, 1.165) is 19.3 Å². The van der Waals surface area contributed by atoms with Crippen molar-refractivity contribution < 1.29 is 4.79 Å². The summed E-state index contributed by atoms with van der Waals surface area (Å²) in [4.78, 5) is 25.5. The van der Waals surface area contributed by atoms with Crippen LogP contribution < -0.4 is 10.7 Å². The Hall–Kier alpha value is -1.58. The average Bonchev–Trinajstić information content (AvgIpc) is 2.12. The molecule has 0 bridgehead atoms. The molecule has 0 aliphatic heterocycles. The maximum Gasteiger partial charge on any atom is 0.256 e. The summed E-state index contributed by atoms with van der Waals surface area (Å²) >= 11 is 0. The van der Waals surface area contributed by atoms with E-state index in [1.54, 1.807) is 0 Å². The fourth-order valence-corrected chi connectivity index (χ4v) is 1.41. The van der Waals surface area contributed by atoms with Crippen molar-refractivity contribution in [2.75, 3.05) is 0 Å². The van der Waals surface area contributed by atoms with Gasteiger partial charge >= 0.3 is 0 Å². The third kappa shape index (κ3) is 1.69. The number of hydrogen-bond donors (Lipinski definition) is 2. The van der Waals surface area contributed by atoms with E-state index in [2.05, 4.69) is 10.3 Å². The molecule has 1 saturated carbocycles. The highest BCUT2D eigenvalue weighted by Gasteiger charge is 2.20. The molecule has 2 N–H and O–H groups in total. The number of carbonyl (C=O) groups excluding carboxylic acids is 1. The summed E-state index contributed by atoms with van der Waals surface area (Å²) in [5.41, 5.74) is -0.0417. The van der Waals surface area contributed by atoms with Crippen LogP contribution in [0.3, 0.4) is 0 Å². The zero-order chi connectivity index (χ0) is 9.97. The first-order valence-electron chi connectivity index (χ1n) is 4.75. The minimum Gasteiger partial charge on any atom is -0.367 e. The van der Waals surface area contributed by atoms with Crippen molar-refractivity contribution in [1.29, 1.82) is 0 Å². The van der Waals surface area contributed by atoms with Crippen molar-refractivity contribution >= 4 is 5.91 Å². The van der Waals surface area contributed by atoms with Crippen LogP contribution in [0.5, 0.6) is 0 Å². The predicted molar refractivity (Wildman–Crippen MR) is 52.2 cm³/mol. The molecule has 1 aromatic heterocycles. The highest BCUT2D eigenvalue weighted by molar-refractivity contribution is 5.93. The largest absolute Gasteiger partial charge is 0.367 e. The van der Waals surface area contributed by atoms with Crippen LogP contribution >= 0.6 is 0 Å². The molecule has 1 aliphatic carbocycles. The monoisotopic (exact) mass is 192 g/mol. The number of rotatable bonds is 2. The molecule has 4 heteroatoms. The van der Waals surface area contributed by atoms with Gasteiger partial charge in [0.2, 0.25) is 0 Å². The molecule has 1 heterocycles. The number of aromatic nitrogens is 1. The summed E-state index contributed by atoms with van der Waals surface area (Å²) < 4.78 is 0. The summed E-state index contributed by atoms with van der Waals surface area (Å²) in [6.45, 7) is 0. The number of amides is 1. The van der Waals surface area contributed by atoms with Crippen LogP contribution in [0.2, 0.25) is 0 Å². The van der Waals surface area contributed by atoms with Crippen molar-refractivity contribution in [3.05, 3.63) is 34.2 Å². The minimum atomic E-state index is -0.267. The van der Waals surface area contributed by atoms with E-state index < -0.39 is 0 Å². The normalized spacial score (nSPS) is 16.0. The quantitative estimate of drug-likeness (QED) is 0.723. The van der Waals surface area contributed by atoms with Crippen LogP contribution in [0.15, 0.2) is 23.3 Å². The van der Waals surface area contributed by atoms with E-state index in [9.17, 15) is 9.59 Å². The summed E-state index contributed by atoms with van der Waals surface area (Å²) in [7, 11) is 0. The van der Waals surface area contributed by atoms with Gasteiger partial charge in [0, 0.05) is 24.5 Å². The van der Waals surface area contributed by atoms with Gasteiger partial charge in [-0.3, -0.25) is 9.59 Å². The molecule has 0 atom stereocenters. The van der Waals surface area contributed by atoms with E-state index in [1.165, 1.54) is 18.5 Å². The zero-order valence-corrected chi connectivity index (χ0v) is 7.75. The molecule has 2 rings (SSSR count). The molecule has 0 radical (unpaired) electrons. The number of carbonyl (C=O) groups is 1. The van der Waals surface area contributed by atoms with Crippen LogP contribution in [0.4, 0.5) is 0 Å². The van der Waals surface area contributed by atoms with Crippen molar-refractivity contribution in [3.8, 4) is 0 Å². The molecular weight excluding hydrogens is 180 g/mol. The zero-order valence-electron chi connectivity index (χ0n) is 7.75. The number of aromatic amines is 1. The Bertz CT molecular complexity index is 393. The first kappa shape index (κ1) is 8.99. The van der Waals surface area contributed by atoms with Crippen LogP contribution in [-0.4, -0.2) is 16.9 Å². The third-order valence-corrected chi connectivity index (χ3v) is 2.51. The molecule has 0 unspecified atom stereocenters. The molecule has 14 heavy (non-hydrogen) atoms. The summed E-state index contributed by atoms with van der Waals surface area (Å²) in [6, 6.07) is 1.62. The summed E-state index contributed by atoms with van der Waals surface area (Å²) in [5, 5.41) is 2.81. The average molecular weight is 192 g/mol. The van der Waals surface area contributed by atoms with Crippen molar-refractivity contribution in [1.82, 2.24) is 10.3 Å². The SMILES string of the molecule is O=C(NC1CCC1)c1c[nH]ccc1=O. The molecule has 1 aliphatic rings. The number of pyridine rings is 1. The van der Waals surface area contributed by atoms with E-state index in [0.29, 0.717) is 0 Å². The molecule has 0 spiro atoms. The second-order valence-corrected chi connectivity index (χ2v) is 3.52. The molecule has 0 aromatic carbocycles. The fraction of sp³-hybridized carbons (Fsp3) is 0.400. The van der Waals surface area contributed by atoms with Gasteiger partial charge in [-0.1, -0.05) is 0 Å². The first-order chi connectivity index (χ1) is 6.77. The molecule has 4 nitrogen and oxygen atoms in total.